The van der Waals surface area contributed by atoms with Crippen molar-refractivity contribution in [1.82, 2.24) is 10.3 Å². The highest BCUT2D eigenvalue weighted by atomic mass is 16.5. The average Bonchev–Trinajstić information content (AvgIpc) is 2.49. The van der Waals surface area contributed by atoms with Gasteiger partial charge in [-0.1, -0.05) is 26.2 Å². The number of methoxy groups -OCH3 is 1. The molecule has 3 nitrogen and oxygen atoms in total. The summed E-state index contributed by atoms with van der Waals surface area (Å²) in [5.74, 6) is 0.664. The smallest absolute Gasteiger partial charge is 0.0794 e. The molecule has 0 spiro atoms. The topological polar surface area (TPSA) is 34.2 Å². The molecule has 1 aliphatic rings. The summed E-state index contributed by atoms with van der Waals surface area (Å²) in [6.45, 7) is 5.27. The van der Waals surface area contributed by atoms with Crippen molar-refractivity contribution in [3.8, 4) is 0 Å². The lowest BCUT2D eigenvalue weighted by Gasteiger charge is -2.36. The third-order valence-corrected chi connectivity index (χ3v) is 4.55. The van der Waals surface area contributed by atoms with Crippen LogP contribution in [0.3, 0.4) is 0 Å². The van der Waals surface area contributed by atoms with Gasteiger partial charge in [0.25, 0.3) is 0 Å². The number of nitrogens with zero attached hydrogens (tertiary/aromatic N) is 1. The number of pyridine rings is 1. The molecule has 2 atom stereocenters. The van der Waals surface area contributed by atoms with Gasteiger partial charge in [0, 0.05) is 19.5 Å². The molecule has 0 bridgehead atoms. The van der Waals surface area contributed by atoms with Crippen LogP contribution in [0.5, 0.6) is 0 Å². The Morgan fingerprint density at radius 2 is 2.10 bits per heavy atom. The summed E-state index contributed by atoms with van der Waals surface area (Å²) in [5, 5.41) is 3.62. The molecule has 0 amide bonds. The maximum atomic E-state index is 5.92. The molecule has 3 heteroatoms. The molecule has 0 aromatic carbocycles. The molecule has 2 rings (SSSR count). The first kappa shape index (κ1) is 15.5. The van der Waals surface area contributed by atoms with E-state index in [4.69, 9.17) is 4.74 Å². The summed E-state index contributed by atoms with van der Waals surface area (Å²) >= 11 is 0. The van der Waals surface area contributed by atoms with Gasteiger partial charge in [-0.25, -0.2) is 0 Å². The van der Waals surface area contributed by atoms with Gasteiger partial charge in [0.2, 0.25) is 0 Å². The van der Waals surface area contributed by atoms with Gasteiger partial charge < -0.3 is 10.1 Å². The van der Waals surface area contributed by atoms with Gasteiger partial charge in [0.05, 0.1) is 12.1 Å². The van der Waals surface area contributed by atoms with Gasteiger partial charge >= 0.3 is 0 Å². The van der Waals surface area contributed by atoms with E-state index >= 15 is 0 Å². The van der Waals surface area contributed by atoms with Crippen molar-refractivity contribution in [3.05, 3.63) is 29.6 Å². The number of ether oxygens (including phenoxy) is 1. The van der Waals surface area contributed by atoms with Crippen LogP contribution in [0.4, 0.5) is 0 Å². The van der Waals surface area contributed by atoms with E-state index < -0.39 is 0 Å². The van der Waals surface area contributed by atoms with Crippen LogP contribution in [0.25, 0.3) is 0 Å². The van der Waals surface area contributed by atoms with E-state index in [0.29, 0.717) is 5.92 Å². The third kappa shape index (κ3) is 3.58. The Kier molecular flexibility index (Phi) is 5.99. The quantitative estimate of drug-likeness (QED) is 0.861. The molecule has 20 heavy (non-hydrogen) atoms. The molecule has 1 fully saturated rings. The Labute approximate surface area is 123 Å². The first-order valence-corrected chi connectivity index (χ1v) is 7.94. The van der Waals surface area contributed by atoms with Gasteiger partial charge in [-0.3, -0.25) is 4.98 Å². The monoisotopic (exact) mass is 276 g/mol. The molecule has 1 aliphatic carbocycles. The molecule has 0 radical (unpaired) electrons. The number of likely N-dealkylation sites (N-methyl/N-ethyl adjacent to an activating group) is 1. The van der Waals surface area contributed by atoms with Crippen LogP contribution < -0.4 is 5.32 Å². The van der Waals surface area contributed by atoms with Crippen molar-refractivity contribution in [3.63, 3.8) is 0 Å². The van der Waals surface area contributed by atoms with Gasteiger partial charge in [-0.15, -0.1) is 0 Å². The van der Waals surface area contributed by atoms with Crippen LogP contribution >= 0.6 is 0 Å². The molecule has 1 heterocycles. The van der Waals surface area contributed by atoms with Gasteiger partial charge in [0.1, 0.15) is 0 Å². The number of aromatic nitrogens is 1. The number of aryl methyl sites for hydroxylation is 1. The minimum Gasteiger partial charge on any atom is -0.379 e. The molecule has 112 valence electrons. The first-order chi connectivity index (χ1) is 9.77. The largest absolute Gasteiger partial charge is 0.379 e. The lowest BCUT2D eigenvalue weighted by Crippen LogP contribution is -2.39. The van der Waals surface area contributed by atoms with Crippen LogP contribution in [0.15, 0.2) is 18.5 Å². The van der Waals surface area contributed by atoms with Crippen molar-refractivity contribution in [2.24, 2.45) is 5.92 Å². The van der Waals surface area contributed by atoms with E-state index in [1.807, 2.05) is 19.5 Å². The summed E-state index contributed by atoms with van der Waals surface area (Å²) in [7, 11) is 1.86. The number of nitrogens with one attached hydrogen (secondary N) is 1. The second-order valence-corrected chi connectivity index (χ2v) is 5.87. The minimum absolute atomic E-state index is 0.248. The molecular weight excluding hydrogens is 248 g/mol. The Bertz CT molecular complexity index is 402. The summed E-state index contributed by atoms with van der Waals surface area (Å²) in [6, 6.07) is 2.34. The van der Waals surface area contributed by atoms with Crippen LogP contribution in [0, 0.1) is 12.8 Å². The molecule has 1 saturated carbocycles. The molecule has 1 aromatic heterocycles. The minimum atomic E-state index is 0.248. The number of hydrogen-bond donors (Lipinski definition) is 1. The normalized spacial score (nSPS) is 19.8. The highest BCUT2D eigenvalue weighted by Gasteiger charge is 2.32. The van der Waals surface area contributed by atoms with Gasteiger partial charge in [-0.2, -0.15) is 0 Å². The lowest BCUT2D eigenvalue weighted by molar-refractivity contribution is 0.00769. The fourth-order valence-electron chi connectivity index (χ4n) is 3.49. The van der Waals surface area contributed by atoms with Crippen LogP contribution in [0.2, 0.25) is 0 Å². The highest BCUT2D eigenvalue weighted by molar-refractivity contribution is 5.26. The van der Waals surface area contributed by atoms with E-state index in [1.54, 1.807) is 0 Å². The van der Waals surface area contributed by atoms with Crippen LogP contribution in [-0.4, -0.2) is 24.7 Å². The van der Waals surface area contributed by atoms with Crippen LogP contribution in [-0.2, 0) is 4.74 Å². The Morgan fingerprint density at radius 3 is 2.70 bits per heavy atom. The summed E-state index contributed by atoms with van der Waals surface area (Å²) in [4.78, 5) is 4.31. The standard InChI is InChI=1S/C17H28N2O/c1-4-19-16(15-12-18-11-10-13(15)2)17(20-3)14-8-6-5-7-9-14/h10-12,14,16-17,19H,4-9H2,1-3H3. The van der Waals surface area contributed by atoms with E-state index in [0.717, 1.165) is 6.54 Å². The SMILES string of the molecule is CCNC(c1cnccc1C)C(OC)C1CCCCC1. The summed E-state index contributed by atoms with van der Waals surface area (Å²) in [5.41, 5.74) is 2.58. The Hall–Kier alpha value is -0.930. The van der Waals surface area contributed by atoms with Crippen molar-refractivity contribution < 1.29 is 4.74 Å². The van der Waals surface area contributed by atoms with E-state index in [9.17, 15) is 0 Å². The zero-order chi connectivity index (χ0) is 14.4. The maximum Gasteiger partial charge on any atom is 0.0794 e. The fraction of sp³-hybridized carbons (Fsp3) is 0.706. The number of hydrogen-bond acceptors (Lipinski definition) is 3. The Morgan fingerprint density at radius 1 is 1.35 bits per heavy atom. The summed E-state index contributed by atoms with van der Waals surface area (Å²) < 4.78 is 5.92. The molecule has 1 N–H and O–H groups in total. The first-order valence-electron chi connectivity index (χ1n) is 7.94. The molecular formula is C17H28N2O. The highest BCUT2D eigenvalue weighted by Crippen LogP contribution is 2.34. The van der Waals surface area contributed by atoms with Crippen molar-refractivity contribution in [2.75, 3.05) is 13.7 Å². The van der Waals surface area contributed by atoms with Crippen molar-refractivity contribution in [2.45, 2.75) is 58.1 Å². The molecule has 0 aliphatic heterocycles. The van der Waals surface area contributed by atoms with Gasteiger partial charge in [-0.05, 0) is 49.4 Å². The fourth-order valence-corrected chi connectivity index (χ4v) is 3.49. The predicted molar refractivity (Wildman–Crippen MR) is 82.8 cm³/mol. The molecule has 0 saturated heterocycles. The van der Waals surface area contributed by atoms with Crippen molar-refractivity contribution >= 4 is 0 Å². The van der Waals surface area contributed by atoms with E-state index in [-0.39, 0.29) is 12.1 Å². The lowest BCUT2D eigenvalue weighted by atomic mass is 9.80. The third-order valence-electron chi connectivity index (χ3n) is 4.55. The van der Waals surface area contributed by atoms with Gasteiger partial charge in [0.15, 0.2) is 0 Å². The van der Waals surface area contributed by atoms with Crippen molar-refractivity contribution in [1.29, 1.82) is 0 Å². The predicted octanol–water partition coefficient (Wildman–Crippen LogP) is 3.64. The molecule has 2 unspecified atom stereocenters. The zero-order valence-corrected chi connectivity index (χ0v) is 13.1. The van der Waals surface area contributed by atoms with Crippen LogP contribution in [0.1, 0.15) is 56.2 Å². The maximum absolute atomic E-state index is 5.92. The summed E-state index contributed by atoms with van der Waals surface area (Å²) in [6.07, 6.45) is 10.8. The van der Waals surface area contributed by atoms with E-state index in [1.165, 1.54) is 43.2 Å². The zero-order valence-electron chi connectivity index (χ0n) is 13.1. The average molecular weight is 276 g/mol. The second kappa shape index (κ2) is 7.75. The Balaban J connectivity index is 2.23. The molecule has 1 aromatic rings. The number of rotatable bonds is 6. The second-order valence-electron chi connectivity index (χ2n) is 5.87. The van der Waals surface area contributed by atoms with E-state index in [2.05, 4.69) is 30.2 Å².